The van der Waals surface area contributed by atoms with Gasteiger partial charge in [0.2, 0.25) is 0 Å². The van der Waals surface area contributed by atoms with Gasteiger partial charge in [-0.05, 0) is 32.3 Å². The SMILES string of the molecule is Cc1cc(-c2nc(C3(N)CCC3)no2)n[nH]1. The molecule has 0 aliphatic heterocycles. The van der Waals surface area contributed by atoms with Crippen LogP contribution in [-0.2, 0) is 5.54 Å². The topological polar surface area (TPSA) is 93.6 Å². The molecule has 84 valence electrons. The van der Waals surface area contributed by atoms with Crippen LogP contribution in [0.1, 0.15) is 30.8 Å². The maximum Gasteiger partial charge on any atom is 0.278 e. The Morgan fingerprint density at radius 1 is 1.50 bits per heavy atom. The van der Waals surface area contributed by atoms with E-state index in [4.69, 9.17) is 10.3 Å². The van der Waals surface area contributed by atoms with Crippen molar-refractivity contribution in [2.75, 3.05) is 0 Å². The van der Waals surface area contributed by atoms with Gasteiger partial charge in [-0.3, -0.25) is 5.10 Å². The number of nitrogens with two attached hydrogens (primary N) is 1. The van der Waals surface area contributed by atoms with E-state index in [1.807, 2.05) is 13.0 Å². The van der Waals surface area contributed by atoms with Gasteiger partial charge in [0.05, 0.1) is 5.54 Å². The Balaban J connectivity index is 1.93. The monoisotopic (exact) mass is 219 g/mol. The van der Waals surface area contributed by atoms with Crippen LogP contribution in [0.25, 0.3) is 11.6 Å². The summed E-state index contributed by atoms with van der Waals surface area (Å²) in [6.07, 6.45) is 2.97. The Morgan fingerprint density at radius 3 is 2.88 bits per heavy atom. The molecule has 1 fully saturated rings. The maximum atomic E-state index is 6.11. The minimum atomic E-state index is -0.382. The molecule has 1 aliphatic rings. The molecule has 6 nitrogen and oxygen atoms in total. The largest absolute Gasteiger partial charge is 0.332 e. The van der Waals surface area contributed by atoms with E-state index in [9.17, 15) is 0 Å². The number of aryl methyl sites for hydroxylation is 1. The molecule has 0 bridgehead atoms. The Kier molecular flexibility index (Phi) is 1.88. The second-order valence-electron chi connectivity index (χ2n) is 4.37. The van der Waals surface area contributed by atoms with Crippen molar-refractivity contribution >= 4 is 0 Å². The molecule has 1 saturated carbocycles. The minimum absolute atomic E-state index is 0.382. The predicted octanol–water partition coefficient (Wildman–Crippen LogP) is 1.11. The summed E-state index contributed by atoms with van der Waals surface area (Å²) in [6, 6.07) is 1.86. The van der Waals surface area contributed by atoms with E-state index in [0.29, 0.717) is 17.4 Å². The van der Waals surface area contributed by atoms with E-state index in [1.165, 1.54) is 0 Å². The summed E-state index contributed by atoms with van der Waals surface area (Å²) in [5.74, 6) is 1.02. The number of nitrogens with zero attached hydrogens (tertiary/aromatic N) is 3. The van der Waals surface area contributed by atoms with Crippen LogP contribution < -0.4 is 5.73 Å². The lowest BCUT2D eigenvalue weighted by molar-refractivity contribution is 0.229. The Bertz CT molecular complexity index is 511. The molecular formula is C10H13N5O. The zero-order valence-corrected chi connectivity index (χ0v) is 9.03. The highest BCUT2D eigenvalue weighted by Gasteiger charge is 2.39. The lowest BCUT2D eigenvalue weighted by Gasteiger charge is -2.34. The van der Waals surface area contributed by atoms with Crippen LogP contribution in [0.3, 0.4) is 0 Å². The number of nitrogens with one attached hydrogen (secondary N) is 1. The lowest BCUT2D eigenvalue weighted by Crippen LogP contribution is -2.44. The smallest absolute Gasteiger partial charge is 0.278 e. The third kappa shape index (κ3) is 1.34. The van der Waals surface area contributed by atoms with Crippen molar-refractivity contribution in [2.45, 2.75) is 31.7 Å². The number of rotatable bonds is 2. The first kappa shape index (κ1) is 9.53. The minimum Gasteiger partial charge on any atom is -0.332 e. The summed E-state index contributed by atoms with van der Waals surface area (Å²) < 4.78 is 5.16. The van der Waals surface area contributed by atoms with E-state index in [2.05, 4.69) is 20.3 Å². The van der Waals surface area contributed by atoms with Crippen molar-refractivity contribution in [3.63, 3.8) is 0 Å². The normalized spacial score (nSPS) is 18.4. The summed E-state index contributed by atoms with van der Waals surface area (Å²) in [5, 5.41) is 10.8. The van der Waals surface area contributed by atoms with Crippen molar-refractivity contribution in [2.24, 2.45) is 5.73 Å². The van der Waals surface area contributed by atoms with E-state index < -0.39 is 0 Å². The van der Waals surface area contributed by atoms with Crippen molar-refractivity contribution in [3.05, 3.63) is 17.6 Å². The van der Waals surface area contributed by atoms with Gasteiger partial charge in [-0.25, -0.2) is 0 Å². The molecule has 0 unspecified atom stereocenters. The van der Waals surface area contributed by atoms with Gasteiger partial charge in [-0.2, -0.15) is 10.1 Å². The fraction of sp³-hybridized carbons (Fsp3) is 0.500. The fourth-order valence-corrected chi connectivity index (χ4v) is 1.84. The quantitative estimate of drug-likeness (QED) is 0.789. The molecule has 0 radical (unpaired) electrons. The van der Waals surface area contributed by atoms with Crippen LogP contribution in [0.2, 0.25) is 0 Å². The third-order valence-electron chi connectivity index (χ3n) is 3.04. The summed E-state index contributed by atoms with van der Waals surface area (Å²) >= 11 is 0. The van der Waals surface area contributed by atoms with Gasteiger partial charge in [0.25, 0.3) is 5.89 Å². The highest BCUT2D eigenvalue weighted by Crippen LogP contribution is 2.37. The number of hydrogen-bond acceptors (Lipinski definition) is 5. The molecule has 6 heteroatoms. The van der Waals surface area contributed by atoms with Crippen LogP contribution in [-0.4, -0.2) is 20.3 Å². The van der Waals surface area contributed by atoms with Gasteiger partial charge in [-0.1, -0.05) is 5.16 Å². The number of aromatic nitrogens is 4. The molecule has 2 heterocycles. The van der Waals surface area contributed by atoms with Crippen molar-refractivity contribution in [3.8, 4) is 11.6 Å². The maximum absolute atomic E-state index is 6.11. The lowest BCUT2D eigenvalue weighted by atomic mass is 9.77. The van der Waals surface area contributed by atoms with Crippen LogP contribution in [0.5, 0.6) is 0 Å². The molecule has 0 saturated heterocycles. The molecule has 16 heavy (non-hydrogen) atoms. The molecule has 1 aliphatic carbocycles. The average Bonchev–Trinajstić information content (AvgIpc) is 2.82. The number of aromatic amines is 1. The van der Waals surface area contributed by atoms with E-state index >= 15 is 0 Å². The Labute approximate surface area is 92.2 Å². The standard InChI is InChI=1S/C10H13N5O/c1-6-5-7(14-13-6)8-12-9(15-16-8)10(11)3-2-4-10/h5H,2-4,11H2,1H3,(H,13,14). The van der Waals surface area contributed by atoms with Gasteiger partial charge < -0.3 is 10.3 Å². The first-order valence-corrected chi connectivity index (χ1v) is 5.33. The molecule has 2 aromatic heterocycles. The van der Waals surface area contributed by atoms with Gasteiger partial charge in [0.1, 0.15) is 0 Å². The molecule has 0 aromatic carbocycles. The van der Waals surface area contributed by atoms with Crippen LogP contribution >= 0.6 is 0 Å². The predicted molar refractivity (Wildman–Crippen MR) is 56.3 cm³/mol. The molecule has 3 N–H and O–H groups in total. The second-order valence-corrected chi connectivity index (χ2v) is 4.37. The van der Waals surface area contributed by atoms with Crippen molar-refractivity contribution in [1.82, 2.24) is 20.3 Å². The van der Waals surface area contributed by atoms with Crippen molar-refractivity contribution < 1.29 is 4.52 Å². The summed E-state index contributed by atoms with van der Waals surface area (Å²) in [7, 11) is 0. The number of H-pyrrole nitrogens is 1. The first-order chi connectivity index (χ1) is 7.67. The van der Waals surface area contributed by atoms with Crippen molar-refractivity contribution in [1.29, 1.82) is 0 Å². The Hall–Kier alpha value is -1.69. The van der Waals surface area contributed by atoms with E-state index in [0.717, 1.165) is 25.0 Å². The van der Waals surface area contributed by atoms with Gasteiger partial charge >= 0.3 is 0 Å². The van der Waals surface area contributed by atoms with Crippen LogP contribution in [0.15, 0.2) is 10.6 Å². The molecular weight excluding hydrogens is 206 g/mol. The second kappa shape index (κ2) is 3.15. The molecule has 2 aromatic rings. The number of hydrogen-bond donors (Lipinski definition) is 2. The van der Waals surface area contributed by atoms with Gasteiger partial charge in [0, 0.05) is 5.69 Å². The fourth-order valence-electron chi connectivity index (χ4n) is 1.84. The molecule has 0 atom stereocenters. The van der Waals surface area contributed by atoms with Gasteiger partial charge in [0.15, 0.2) is 11.5 Å². The molecule has 3 rings (SSSR count). The first-order valence-electron chi connectivity index (χ1n) is 5.33. The highest BCUT2D eigenvalue weighted by molar-refractivity contribution is 5.46. The van der Waals surface area contributed by atoms with Gasteiger partial charge in [-0.15, -0.1) is 0 Å². The summed E-state index contributed by atoms with van der Waals surface area (Å²) in [4.78, 5) is 4.30. The molecule has 0 spiro atoms. The van der Waals surface area contributed by atoms with E-state index in [-0.39, 0.29) is 5.54 Å². The average molecular weight is 219 g/mol. The third-order valence-corrected chi connectivity index (χ3v) is 3.04. The summed E-state index contributed by atoms with van der Waals surface area (Å²) in [6.45, 7) is 1.92. The van der Waals surface area contributed by atoms with Crippen LogP contribution in [0, 0.1) is 6.92 Å². The van der Waals surface area contributed by atoms with Crippen LogP contribution in [0.4, 0.5) is 0 Å². The highest BCUT2D eigenvalue weighted by atomic mass is 16.5. The molecule has 0 amide bonds. The summed E-state index contributed by atoms with van der Waals surface area (Å²) in [5.41, 5.74) is 7.35. The Morgan fingerprint density at radius 2 is 2.31 bits per heavy atom. The van der Waals surface area contributed by atoms with E-state index in [1.54, 1.807) is 0 Å². The zero-order valence-electron chi connectivity index (χ0n) is 9.03. The zero-order chi connectivity index (χ0) is 11.2.